The summed E-state index contributed by atoms with van der Waals surface area (Å²) in [6, 6.07) is 14.5. The summed E-state index contributed by atoms with van der Waals surface area (Å²) >= 11 is 0. The van der Waals surface area contributed by atoms with Gasteiger partial charge in [0.1, 0.15) is 11.5 Å². The average molecular weight is 375 g/mol. The van der Waals surface area contributed by atoms with Gasteiger partial charge < -0.3 is 20.5 Å². The third-order valence-electron chi connectivity index (χ3n) is 4.37. The number of anilines is 2. The van der Waals surface area contributed by atoms with E-state index in [9.17, 15) is 14.7 Å². The first-order valence-corrected chi connectivity index (χ1v) is 8.74. The maximum Gasteiger partial charge on any atom is 0.323 e. The van der Waals surface area contributed by atoms with E-state index in [1.807, 2.05) is 12.1 Å². The summed E-state index contributed by atoms with van der Waals surface area (Å²) in [4.78, 5) is 28.1. The summed E-state index contributed by atoms with van der Waals surface area (Å²) in [5.41, 5.74) is 2.67. The van der Waals surface area contributed by atoms with Gasteiger partial charge in [0.2, 0.25) is 5.88 Å². The Morgan fingerprint density at radius 3 is 2.46 bits per heavy atom. The number of nitrogens with one attached hydrogen (secondary N) is 2. The molecule has 1 heterocycles. The van der Waals surface area contributed by atoms with Gasteiger partial charge in [-0.25, -0.2) is 9.78 Å². The highest BCUT2D eigenvalue weighted by Crippen LogP contribution is 2.33. The number of phenols is 1. The molecule has 7 nitrogen and oxygen atoms in total. The molecule has 3 N–H and O–H groups in total. The standard InChI is InChI=1S/C21H17N3O4/c25-15-7-4-13(5-8-15)23-21(27)24-14-6-11-20(22-12-14)28-19-3-1-2-16-17(19)9-10-18(16)26/h1-8,11-12,25H,9-10H2,(H2,23,24,27). The summed E-state index contributed by atoms with van der Waals surface area (Å²) in [6.07, 6.45) is 2.66. The van der Waals surface area contributed by atoms with Crippen molar-refractivity contribution in [3.05, 3.63) is 71.9 Å². The lowest BCUT2D eigenvalue weighted by Crippen LogP contribution is -2.19. The molecule has 0 bridgehead atoms. The van der Waals surface area contributed by atoms with Gasteiger partial charge in [0.05, 0.1) is 11.9 Å². The number of pyridine rings is 1. The van der Waals surface area contributed by atoms with Gasteiger partial charge in [0, 0.05) is 29.3 Å². The van der Waals surface area contributed by atoms with Gasteiger partial charge in [-0.3, -0.25) is 4.79 Å². The second-order valence-electron chi connectivity index (χ2n) is 6.32. The van der Waals surface area contributed by atoms with Gasteiger partial charge in [0.25, 0.3) is 0 Å². The number of amides is 2. The maximum atomic E-state index is 12.0. The van der Waals surface area contributed by atoms with Crippen LogP contribution >= 0.6 is 0 Å². The van der Waals surface area contributed by atoms with Crippen molar-refractivity contribution in [3.63, 3.8) is 0 Å². The minimum absolute atomic E-state index is 0.124. The van der Waals surface area contributed by atoms with Crippen LogP contribution in [0.15, 0.2) is 60.8 Å². The number of aromatic hydroxyl groups is 1. The van der Waals surface area contributed by atoms with Crippen LogP contribution in [0.5, 0.6) is 17.4 Å². The molecule has 3 aromatic rings. The Labute approximate surface area is 161 Å². The molecule has 1 aliphatic rings. The molecule has 2 aromatic carbocycles. The Kier molecular flexibility index (Phi) is 4.63. The van der Waals surface area contributed by atoms with Gasteiger partial charge in [0.15, 0.2) is 5.78 Å². The van der Waals surface area contributed by atoms with E-state index in [-0.39, 0.29) is 11.5 Å². The molecule has 0 aliphatic heterocycles. The number of hydrogen-bond donors (Lipinski definition) is 3. The first-order valence-electron chi connectivity index (χ1n) is 8.74. The zero-order valence-corrected chi connectivity index (χ0v) is 14.8. The molecule has 0 fully saturated rings. The van der Waals surface area contributed by atoms with E-state index in [1.54, 1.807) is 30.3 Å². The second-order valence-corrected chi connectivity index (χ2v) is 6.32. The summed E-state index contributed by atoms with van der Waals surface area (Å²) in [5.74, 6) is 1.26. The SMILES string of the molecule is O=C(Nc1ccc(O)cc1)Nc1ccc(Oc2cccc3c2CCC3=O)nc1. The fourth-order valence-electron chi connectivity index (χ4n) is 3.02. The molecule has 28 heavy (non-hydrogen) atoms. The van der Waals surface area contributed by atoms with Crippen molar-refractivity contribution in [2.45, 2.75) is 12.8 Å². The number of fused-ring (bicyclic) bond motifs is 1. The highest BCUT2D eigenvalue weighted by Gasteiger charge is 2.23. The molecule has 4 rings (SSSR count). The van der Waals surface area contributed by atoms with Crippen LogP contribution in [0.4, 0.5) is 16.2 Å². The van der Waals surface area contributed by atoms with Crippen LogP contribution in [-0.4, -0.2) is 21.9 Å². The largest absolute Gasteiger partial charge is 0.508 e. The third-order valence-corrected chi connectivity index (χ3v) is 4.37. The number of rotatable bonds is 4. The number of Topliss-reactive ketones (excluding diaryl/α,β-unsaturated/α-hetero) is 1. The molecule has 2 amide bonds. The van der Waals surface area contributed by atoms with Crippen molar-refractivity contribution in [2.24, 2.45) is 0 Å². The number of urea groups is 1. The van der Waals surface area contributed by atoms with Gasteiger partial charge in [-0.05, 0) is 42.8 Å². The molecule has 7 heteroatoms. The normalized spacial score (nSPS) is 12.4. The first kappa shape index (κ1) is 17.5. The molecule has 0 atom stereocenters. The summed E-state index contributed by atoms with van der Waals surface area (Å²) in [7, 11) is 0. The average Bonchev–Trinajstić information content (AvgIpc) is 3.07. The van der Waals surface area contributed by atoms with Gasteiger partial charge in [-0.15, -0.1) is 0 Å². The number of hydrogen-bond acceptors (Lipinski definition) is 5. The second kappa shape index (κ2) is 7.40. The molecule has 0 saturated carbocycles. The van der Waals surface area contributed by atoms with Crippen LogP contribution in [0.2, 0.25) is 0 Å². The fourth-order valence-corrected chi connectivity index (χ4v) is 3.02. The van der Waals surface area contributed by atoms with Gasteiger partial charge in [-0.1, -0.05) is 12.1 Å². The van der Waals surface area contributed by atoms with E-state index < -0.39 is 6.03 Å². The number of aromatic nitrogens is 1. The number of carbonyl (C=O) groups excluding carboxylic acids is 2. The van der Waals surface area contributed by atoms with Crippen molar-refractivity contribution in [1.82, 2.24) is 4.98 Å². The van der Waals surface area contributed by atoms with E-state index >= 15 is 0 Å². The number of phenolic OH excluding ortho intramolecular Hbond substituents is 1. The van der Waals surface area contributed by atoms with Gasteiger partial charge in [-0.2, -0.15) is 0 Å². The molecule has 1 aromatic heterocycles. The fraction of sp³-hybridized carbons (Fsp3) is 0.0952. The van der Waals surface area contributed by atoms with E-state index in [1.165, 1.54) is 18.3 Å². The molecule has 0 saturated heterocycles. The molecule has 1 aliphatic carbocycles. The smallest absolute Gasteiger partial charge is 0.323 e. The van der Waals surface area contributed by atoms with E-state index in [2.05, 4.69) is 15.6 Å². The minimum atomic E-state index is -0.430. The lowest BCUT2D eigenvalue weighted by molar-refractivity contribution is 0.0994. The number of benzene rings is 2. The van der Waals surface area contributed by atoms with Crippen LogP contribution in [0, 0.1) is 0 Å². The Balaban J connectivity index is 1.40. The van der Waals surface area contributed by atoms with Crippen molar-refractivity contribution >= 4 is 23.2 Å². The molecular weight excluding hydrogens is 358 g/mol. The quantitative estimate of drug-likeness (QED) is 0.589. The van der Waals surface area contributed by atoms with Crippen molar-refractivity contribution in [1.29, 1.82) is 0 Å². The Morgan fingerprint density at radius 2 is 1.71 bits per heavy atom. The molecule has 0 spiro atoms. The predicted octanol–water partition coefficient (Wildman–Crippen LogP) is 4.35. The van der Waals surface area contributed by atoms with E-state index in [0.29, 0.717) is 41.4 Å². The number of ether oxygens (including phenoxy) is 1. The van der Waals surface area contributed by atoms with Crippen LogP contribution in [-0.2, 0) is 6.42 Å². The Bertz CT molecular complexity index is 1030. The summed E-state index contributed by atoms with van der Waals surface area (Å²) in [6.45, 7) is 0. The summed E-state index contributed by atoms with van der Waals surface area (Å²) in [5, 5.41) is 14.6. The highest BCUT2D eigenvalue weighted by molar-refractivity contribution is 6.01. The lowest BCUT2D eigenvalue weighted by atomic mass is 10.1. The Morgan fingerprint density at radius 1 is 0.964 bits per heavy atom. The maximum absolute atomic E-state index is 12.0. The zero-order chi connectivity index (χ0) is 19.5. The molecule has 0 radical (unpaired) electrons. The summed E-state index contributed by atoms with van der Waals surface area (Å²) < 4.78 is 5.82. The number of ketones is 1. The predicted molar refractivity (Wildman–Crippen MR) is 104 cm³/mol. The minimum Gasteiger partial charge on any atom is -0.508 e. The first-order chi connectivity index (χ1) is 13.6. The van der Waals surface area contributed by atoms with E-state index in [0.717, 1.165) is 5.56 Å². The number of nitrogens with zero attached hydrogens (tertiary/aromatic N) is 1. The highest BCUT2D eigenvalue weighted by atomic mass is 16.5. The van der Waals surface area contributed by atoms with Crippen molar-refractivity contribution < 1.29 is 19.4 Å². The van der Waals surface area contributed by atoms with E-state index in [4.69, 9.17) is 4.74 Å². The molecule has 140 valence electrons. The lowest BCUT2D eigenvalue weighted by Gasteiger charge is -2.10. The monoisotopic (exact) mass is 375 g/mol. The topological polar surface area (TPSA) is 101 Å². The van der Waals surface area contributed by atoms with Crippen LogP contribution in [0.1, 0.15) is 22.3 Å². The van der Waals surface area contributed by atoms with Crippen molar-refractivity contribution in [3.8, 4) is 17.4 Å². The van der Waals surface area contributed by atoms with Crippen LogP contribution < -0.4 is 15.4 Å². The van der Waals surface area contributed by atoms with Crippen molar-refractivity contribution in [2.75, 3.05) is 10.6 Å². The molecular formula is C21H17N3O4. The number of carbonyl (C=O) groups is 2. The molecule has 0 unspecified atom stereocenters. The third kappa shape index (κ3) is 3.78. The van der Waals surface area contributed by atoms with Crippen LogP contribution in [0.25, 0.3) is 0 Å². The zero-order valence-electron chi connectivity index (χ0n) is 14.8. The Hall–Kier alpha value is -3.87. The van der Waals surface area contributed by atoms with Crippen LogP contribution in [0.3, 0.4) is 0 Å². The van der Waals surface area contributed by atoms with Gasteiger partial charge >= 0.3 is 6.03 Å².